The number of carbonyl (C=O) groups is 1. The van der Waals surface area contributed by atoms with Crippen LogP contribution < -0.4 is 5.32 Å². The Hall–Kier alpha value is -0.510. The molecule has 0 radical (unpaired) electrons. The molecule has 2 saturated carbocycles. The van der Waals surface area contributed by atoms with Crippen LogP contribution in [0.1, 0.15) is 33.6 Å². The van der Waals surface area contributed by atoms with Crippen LogP contribution in [-0.2, 0) is 4.79 Å². The van der Waals surface area contributed by atoms with E-state index in [0.717, 1.165) is 24.7 Å². The number of nitrogens with zero attached hydrogens (tertiary/aromatic N) is 1. The average molecular weight is 252 g/mol. The Labute approximate surface area is 107 Å². The van der Waals surface area contributed by atoms with Gasteiger partial charge in [-0.05, 0) is 23.7 Å². The molecule has 0 aromatic rings. The summed E-state index contributed by atoms with van der Waals surface area (Å²) in [6.07, 6.45) is 2.26. The number of aliphatic imine (C=N–C) groups is 1. The van der Waals surface area contributed by atoms with Gasteiger partial charge in [-0.1, -0.05) is 32.5 Å². The van der Waals surface area contributed by atoms with E-state index in [0.29, 0.717) is 5.78 Å². The van der Waals surface area contributed by atoms with Gasteiger partial charge in [-0.2, -0.15) is 0 Å². The molecule has 0 saturated heterocycles. The lowest BCUT2D eigenvalue weighted by molar-refractivity contribution is -0.122. The molecule has 17 heavy (non-hydrogen) atoms. The smallest absolute Gasteiger partial charge is 0.157 e. The van der Waals surface area contributed by atoms with Gasteiger partial charge in [0.05, 0.1) is 11.8 Å². The van der Waals surface area contributed by atoms with Crippen LogP contribution in [0.3, 0.4) is 0 Å². The number of rotatable bonds is 1. The summed E-state index contributed by atoms with van der Waals surface area (Å²) in [5, 5.41) is 4.36. The van der Waals surface area contributed by atoms with Gasteiger partial charge < -0.3 is 5.32 Å². The molecular formula is C13H20N2OS. The lowest BCUT2D eigenvalue weighted by Crippen LogP contribution is -2.37. The van der Waals surface area contributed by atoms with Crippen molar-refractivity contribution >= 4 is 22.7 Å². The highest BCUT2D eigenvalue weighted by molar-refractivity contribution is 8.15. The minimum absolute atomic E-state index is 0.112. The van der Waals surface area contributed by atoms with E-state index < -0.39 is 0 Å². The number of hydrogen-bond acceptors (Lipinski definition) is 4. The van der Waals surface area contributed by atoms with Gasteiger partial charge in [-0.3, -0.25) is 9.79 Å². The van der Waals surface area contributed by atoms with Gasteiger partial charge >= 0.3 is 0 Å². The van der Waals surface area contributed by atoms with Gasteiger partial charge in [0, 0.05) is 12.5 Å². The van der Waals surface area contributed by atoms with E-state index >= 15 is 0 Å². The Morgan fingerprint density at radius 1 is 1.41 bits per heavy atom. The van der Waals surface area contributed by atoms with Crippen molar-refractivity contribution in [3.05, 3.63) is 0 Å². The second-order valence-electron chi connectivity index (χ2n) is 6.24. The van der Waals surface area contributed by atoms with Crippen LogP contribution in [0.2, 0.25) is 0 Å². The summed E-state index contributed by atoms with van der Waals surface area (Å²) in [7, 11) is 0. The van der Waals surface area contributed by atoms with E-state index in [-0.39, 0.29) is 22.0 Å². The third-order valence-corrected chi connectivity index (χ3v) is 6.83. The molecule has 2 bridgehead atoms. The maximum absolute atomic E-state index is 12.5. The molecule has 1 aliphatic heterocycles. The van der Waals surface area contributed by atoms with E-state index in [9.17, 15) is 4.79 Å². The van der Waals surface area contributed by atoms with Crippen LogP contribution in [0.5, 0.6) is 0 Å². The highest BCUT2D eigenvalue weighted by atomic mass is 32.2. The Morgan fingerprint density at radius 3 is 2.71 bits per heavy atom. The molecule has 2 fully saturated rings. The number of amidine groups is 1. The van der Waals surface area contributed by atoms with Crippen molar-refractivity contribution in [1.29, 1.82) is 0 Å². The fraction of sp³-hybridized carbons (Fsp3) is 0.846. The van der Waals surface area contributed by atoms with E-state index in [4.69, 9.17) is 0 Å². The van der Waals surface area contributed by atoms with Gasteiger partial charge in [0.25, 0.3) is 0 Å². The summed E-state index contributed by atoms with van der Waals surface area (Å²) in [6.45, 7) is 8.62. The third kappa shape index (κ3) is 1.36. The molecule has 1 N–H and O–H groups in total. The van der Waals surface area contributed by atoms with Crippen molar-refractivity contribution in [1.82, 2.24) is 5.32 Å². The van der Waals surface area contributed by atoms with Gasteiger partial charge in [-0.25, -0.2) is 0 Å². The highest BCUT2D eigenvalue weighted by Gasteiger charge is 2.66. The topological polar surface area (TPSA) is 41.5 Å². The maximum Gasteiger partial charge on any atom is 0.157 e. The quantitative estimate of drug-likeness (QED) is 0.777. The Balaban J connectivity index is 1.88. The first-order valence-electron chi connectivity index (χ1n) is 6.45. The minimum atomic E-state index is 0.112. The first-order valence-corrected chi connectivity index (χ1v) is 7.33. The maximum atomic E-state index is 12.5. The molecule has 4 heteroatoms. The molecule has 0 aromatic heterocycles. The van der Waals surface area contributed by atoms with E-state index in [1.54, 1.807) is 11.8 Å². The molecule has 0 spiro atoms. The second kappa shape index (κ2) is 3.50. The first kappa shape index (κ1) is 11.6. The normalized spacial score (nSPS) is 42.8. The molecule has 3 aliphatic rings. The van der Waals surface area contributed by atoms with Crippen molar-refractivity contribution in [2.45, 2.75) is 38.9 Å². The molecule has 3 nitrogen and oxygen atoms in total. The zero-order valence-electron chi connectivity index (χ0n) is 10.7. The standard InChI is InChI=1S/C13H20N2OS/c1-12(2)8-4-5-13(12,3)10(9(8)16)17-11-14-6-7-15-11/h8,10H,4-7H2,1-3H3,(H,14,15)/t8-,10+,13+/m0/s1. The summed E-state index contributed by atoms with van der Waals surface area (Å²) in [4.78, 5) is 16.9. The Bertz CT molecular complexity index is 404. The molecule has 3 rings (SSSR count). The molecule has 0 amide bonds. The minimum Gasteiger partial charge on any atom is -0.363 e. The van der Waals surface area contributed by atoms with Crippen LogP contribution >= 0.6 is 11.8 Å². The highest BCUT2D eigenvalue weighted by Crippen LogP contribution is 2.66. The van der Waals surface area contributed by atoms with E-state index in [1.807, 2.05) is 0 Å². The zero-order chi connectivity index (χ0) is 12.3. The van der Waals surface area contributed by atoms with Crippen LogP contribution in [0.15, 0.2) is 4.99 Å². The number of fused-ring (bicyclic) bond motifs is 2. The van der Waals surface area contributed by atoms with Crippen LogP contribution in [0.4, 0.5) is 0 Å². The number of carbonyl (C=O) groups excluding carboxylic acids is 1. The molecule has 0 unspecified atom stereocenters. The Morgan fingerprint density at radius 2 is 2.18 bits per heavy atom. The predicted molar refractivity (Wildman–Crippen MR) is 71.3 cm³/mol. The molecule has 0 aromatic carbocycles. The Kier molecular flexibility index (Phi) is 2.38. The predicted octanol–water partition coefficient (Wildman–Crippen LogP) is 2.07. The van der Waals surface area contributed by atoms with Gasteiger partial charge in [0.2, 0.25) is 0 Å². The molecular weight excluding hydrogens is 232 g/mol. The van der Waals surface area contributed by atoms with Crippen LogP contribution in [0, 0.1) is 16.7 Å². The van der Waals surface area contributed by atoms with Crippen molar-refractivity contribution in [2.75, 3.05) is 13.1 Å². The fourth-order valence-corrected chi connectivity index (χ4v) is 5.28. The van der Waals surface area contributed by atoms with Gasteiger partial charge in [0.15, 0.2) is 5.17 Å². The lowest BCUT2D eigenvalue weighted by atomic mass is 9.71. The first-order chi connectivity index (χ1) is 7.97. The largest absolute Gasteiger partial charge is 0.363 e. The fourth-order valence-electron chi connectivity index (χ4n) is 3.74. The molecule has 1 heterocycles. The van der Waals surface area contributed by atoms with E-state index in [2.05, 4.69) is 31.1 Å². The lowest BCUT2D eigenvalue weighted by Gasteiger charge is -2.37. The number of thioether (sulfide) groups is 1. The monoisotopic (exact) mass is 252 g/mol. The van der Waals surface area contributed by atoms with Crippen LogP contribution in [0.25, 0.3) is 0 Å². The summed E-state index contributed by atoms with van der Waals surface area (Å²) in [6, 6.07) is 0. The number of hydrogen-bond donors (Lipinski definition) is 1. The number of nitrogens with one attached hydrogen (secondary N) is 1. The van der Waals surface area contributed by atoms with Crippen LogP contribution in [-0.4, -0.2) is 29.3 Å². The molecule has 3 atom stereocenters. The third-order valence-electron chi connectivity index (χ3n) is 5.35. The van der Waals surface area contributed by atoms with Gasteiger partial charge in [-0.15, -0.1) is 0 Å². The van der Waals surface area contributed by atoms with Gasteiger partial charge in [0.1, 0.15) is 5.78 Å². The average Bonchev–Trinajstić information content (AvgIpc) is 2.86. The van der Waals surface area contributed by atoms with Crippen molar-refractivity contribution in [3.63, 3.8) is 0 Å². The number of ketones is 1. The summed E-state index contributed by atoms with van der Waals surface area (Å²) >= 11 is 1.68. The van der Waals surface area contributed by atoms with Crippen molar-refractivity contribution in [3.8, 4) is 0 Å². The molecule has 94 valence electrons. The summed E-state index contributed by atoms with van der Waals surface area (Å²) < 4.78 is 0. The summed E-state index contributed by atoms with van der Waals surface area (Å²) in [5.41, 5.74) is 0.299. The zero-order valence-corrected chi connectivity index (χ0v) is 11.6. The van der Waals surface area contributed by atoms with E-state index in [1.165, 1.54) is 6.42 Å². The van der Waals surface area contributed by atoms with Crippen molar-refractivity contribution < 1.29 is 4.79 Å². The summed E-state index contributed by atoms with van der Waals surface area (Å²) in [5.74, 6) is 0.733. The second-order valence-corrected chi connectivity index (χ2v) is 7.34. The van der Waals surface area contributed by atoms with Crippen molar-refractivity contribution in [2.24, 2.45) is 21.7 Å². The SMILES string of the molecule is CC1(C)[C@H]2CC[C@]1(C)[C@H](SC1=NCCN1)C2=O. The number of Topliss-reactive ketones (excluding diaryl/α,β-unsaturated/α-hetero) is 1. The molecule has 2 aliphatic carbocycles.